The van der Waals surface area contributed by atoms with Crippen LogP contribution < -0.4 is 0 Å². The Morgan fingerprint density at radius 3 is 2.68 bits per heavy atom. The highest BCUT2D eigenvalue weighted by atomic mass is 16.4. The third-order valence-electron chi connectivity index (χ3n) is 3.53. The van der Waals surface area contributed by atoms with Crippen molar-refractivity contribution in [2.75, 3.05) is 0 Å². The number of aromatic nitrogens is 3. The lowest BCUT2D eigenvalue weighted by Crippen LogP contribution is -2.10. The second-order valence-corrected chi connectivity index (χ2v) is 4.85. The number of carboxylic acid groups (broad SMARTS) is 1. The molecule has 0 unspecified atom stereocenters. The summed E-state index contributed by atoms with van der Waals surface area (Å²) >= 11 is 0. The van der Waals surface area contributed by atoms with E-state index in [0.717, 1.165) is 24.1 Å². The lowest BCUT2D eigenvalue weighted by molar-refractivity contribution is 0.0697. The van der Waals surface area contributed by atoms with Crippen LogP contribution in [0.3, 0.4) is 0 Å². The van der Waals surface area contributed by atoms with Gasteiger partial charge >= 0.3 is 5.97 Å². The van der Waals surface area contributed by atoms with Crippen LogP contribution in [0.1, 0.15) is 40.2 Å². The second-order valence-electron chi connectivity index (χ2n) is 4.85. The molecule has 19 heavy (non-hydrogen) atoms. The summed E-state index contributed by atoms with van der Waals surface area (Å²) in [5, 5.41) is 17.3. The average Bonchev–Trinajstić information content (AvgIpc) is 2.83. The summed E-state index contributed by atoms with van der Waals surface area (Å²) in [6.07, 6.45) is 4.44. The van der Waals surface area contributed by atoms with E-state index in [0.29, 0.717) is 12.1 Å². The number of nitrogens with zero attached hydrogens (tertiary/aromatic N) is 3. The van der Waals surface area contributed by atoms with Gasteiger partial charge < -0.3 is 5.11 Å². The minimum absolute atomic E-state index is 0.310. The molecule has 0 bridgehead atoms. The highest BCUT2D eigenvalue weighted by Crippen LogP contribution is 2.19. The molecule has 0 saturated carbocycles. The number of carboxylic acids is 1. The first-order valence-corrected chi connectivity index (χ1v) is 6.47. The maximum absolute atomic E-state index is 10.8. The number of carbonyl (C=O) groups is 1. The Balaban J connectivity index is 1.81. The predicted octanol–water partition coefficient (Wildman–Crippen LogP) is 1.90. The van der Waals surface area contributed by atoms with Crippen molar-refractivity contribution in [1.82, 2.24) is 15.0 Å². The van der Waals surface area contributed by atoms with E-state index >= 15 is 0 Å². The molecule has 1 aromatic heterocycles. The Bertz CT molecular complexity index is 602. The van der Waals surface area contributed by atoms with E-state index in [9.17, 15) is 4.79 Å². The number of rotatable bonds is 3. The lowest BCUT2D eigenvalue weighted by atomic mass is 10.0. The molecule has 0 fully saturated rings. The highest BCUT2D eigenvalue weighted by Gasteiger charge is 2.16. The fourth-order valence-corrected chi connectivity index (χ4v) is 2.47. The van der Waals surface area contributed by atoms with Gasteiger partial charge in [-0.1, -0.05) is 17.3 Å². The van der Waals surface area contributed by atoms with E-state index in [4.69, 9.17) is 5.11 Å². The summed E-state index contributed by atoms with van der Waals surface area (Å²) in [4.78, 5) is 10.8. The topological polar surface area (TPSA) is 68.0 Å². The quantitative estimate of drug-likeness (QED) is 0.911. The number of hydrogen-bond acceptors (Lipinski definition) is 3. The van der Waals surface area contributed by atoms with E-state index in [1.165, 1.54) is 18.5 Å². The van der Waals surface area contributed by atoms with Crippen LogP contribution in [0.15, 0.2) is 24.3 Å². The van der Waals surface area contributed by atoms with Crippen molar-refractivity contribution in [3.05, 3.63) is 46.8 Å². The fourth-order valence-electron chi connectivity index (χ4n) is 2.47. The molecule has 0 amide bonds. The van der Waals surface area contributed by atoms with Gasteiger partial charge in [-0.25, -0.2) is 9.48 Å². The number of hydrogen-bond donors (Lipinski definition) is 1. The summed E-state index contributed by atoms with van der Waals surface area (Å²) in [7, 11) is 0. The highest BCUT2D eigenvalue weighted by molar-refractivity contribution is 5.87. The molecular weight excluding hydrogens is 242 g/mol. The first kappa shape index (κ1) is 11.9. The fraction of sp³-hybridized carbons (Fsp3) is 0.357. The maximum atomic E-state index is 10.8. The number of benzene rings is 1. The molecule has 1 heterocycles. The Morgan fingerprint density at radius 1 is 1.21 bits per heavy atom. The van der Waals surface area contributed by atoms with Crippen molar-refractivity contribution in [2.45, 2.75) is 32.2 Å². The van der Waals surface area contributed by atoms with Crippen LogP contribution in [0, 0.1) is 0 Å². The molecule has 1 N–H and O–H groups in total. The average molecular weight is 257 g/mol. The zero-order chi connectivity index (χ0) is 13.2. The first-order chi connectivity index (χ1) is 9.24. The minimum Gasteiger partial charge on any atom is -0.478 e. The van der Waals surface area contributed by atoms with E-state index < -0.39 is 5.97 Å². The van der Waals surface area contributed by atoms with Gasteiger partial charge in [-0.2, -0.15) is 0 Å². The molecule has 0 saturated heterocycles. The maximum Gasteiger partial charge on any atom is 0.335 e. The molecule has 0 atom stereocenters. The molecular formula is C14H15N3O2. The Hall–Kier alpha value is -2.17. The zero-order valence-corrected chi connectivity index (χ0v) is 10.5. The van der Waals surface area contributed by atoms with E-state index in [-0.39, 0.29) is 0 Å². The molecule has 3 rings (SSSR count). The third kappa shape index (κ3) is 2.36. The molecule has 2 aromatic rings. The van der Waals surface area contributed by atoms with Gasteiger partial charge in [-0.15, -0.1) is 5.10 Å². The summed E-state index contributed by atoms with van der Waals surface area (Å²) in [6, 6.07) is 6.92. The van der Waals surface area contributed by atoms with E-state index in [2.05, 4.69) is 10.3 Å². The SMILES string of the molecule is O=C(O)c1ccc(Cn2nnc3c2CCCC3)cc1. The van der Waals surface area contributed by atoms with Crippen LogP contribution >= 0.6 is 0 Å². The monoisotopic (exact) mass is 257 g/mol. The van der Waals surface area contributed by atoms with Crippen LogP contribution in [0.5, 0.6) is 0 Å². The van der Waals surface area contributed by atoms with Gasteiger partial charge in [-0.3, -0.25) is 0 Å². The van der Waals surface area contributed by atoms with Gasteiger partial charge in [0.25, 0.3) is 0 Å². The van der Waals surface area contributed by atoms with Gasteiger partial charge in [0, 0.05) is 0 Å². The van der Waals surface area contributed by atoms with Gasteiger partial charge in [0.15, 0.2) is 0 Å². The van der Waals surface area contributed by atoms with Crippen molar-refractivity contribution in [3.8, 4) is 0 Å². The van der Waals surface area contributed by atoms with Crippen LogP contribution in [0.4, 0.5) is 0 Å². The standard InChI is InChI=1S/C14H15N3O2/c18-14(19)11-7-5-10(6-8-11)9-17-13-4-2-1-3-12(13)15-16-17/h5-8H,1-4,9H2,(H,18,19). The van der Waals surface area contributed by atoms with E-state index in [1.54, 1.807) is 12.1 Å². The largest absolute Gasteiger partial charge is 0.478 e. The minimum atomic E-state index is -0.898. The number of fused-ring (bicyclic) bond motifs is 1. The predicted molar refractivity (Wildman–Crippen MR) is 69.2 cm³/mol. The van der Waals surface area contributed by atoms with E-state index in [1.807, 2.05) is 16.8 Å². The molecule has 98 valence electrons. The smallest absolute Gasteiger partial charge is 0.335 e. The molecule has 5 heteroatoms. The van der Waals surface area contributed by atoms with Gasteiger partial charge in [-0.05, 0) is 43.4 Å². The second kappa shape index (κ2) is 4.84. The van der Waals surface area contributed by atoms with Crippen LogP contribution in [0.25, 0.3) is 0 Å². The van der Waals surface area contributed by atoms with Crippen molar-refractivity contribution < 1.29 is 9.90 Å². The van der Waals surface area contributed by atoms with Crippen molar-refractivity contribution in [1.29, 1.82) is 0 Å². The van der Waals surface area contributed by atoms with Crippen LogP contribution in [-0.2, 0) is 19.4 Å². The summed E-state index contributed by atoms with van der Waals surface area (Å²) in [5.74, 6) is -0.898. The molecule has 1 aliphatic carbocycles. The van der Waals surface area contributed by atoms with Gasteiger partial charge in [0.1, 0.15) is 0 Å². The molecule has 0 aliphatic heterocycles. The zero-order valence-electron chi connectivity index (χ0n) is 10.5. The van der Waals surface area contributed by atoms with Crippen LogP contribution in [0.2, 0.25) is 0 Å². The summed E-state index contributed by atoms with van der Waals surface area (Å²) in [6.45, 7) is 0.655. The van der Waals surface area contributed by atoms with Gasteiger partial charge in [0.2, 0.25) is 0 Å². The lowest BCUT2D eigenvalue weighted by Gasteiger charge is -2.12. The van der Waals surface area contributed by atoms with Crippen molar-refractivity contribution in [3.63, 3.8) is 0 Å². The molecule has 5 nitrogen and oxygen atoms in total. The number of aryl methyl sites for hydroxylation is 1. The Kier molecular flexibility index (Phi) is 3.03. The number of aromatic carboxylic acids is 1. The van der Waals surface area contributed by atoms with Gasteiger partial charge in [0.05, 0.1) is 23.5 Å². The Morgan fingerprint density at radius 2 is 1.95 bits per heavy atom. The van der Waals surface area contributed by atoms with Crippen molar-refractivity contribution in [2.24, 2.45) is 0 Å². The Labute approximate surface area is 110 Å². The molecule has 1 aromatic carbocycles. The molecule has 0 radical (unpaired) electrons. The molecule has 1 aliphatic rings. The molecule has 0 spiro atoms. The first-order valence-electron chi connectivity index (χ1n) is 6.47. The van der Waals surface area contributed by atoms with Crippen molar-refractivity contribution >= 4 is 5.97 Å². The van der Waals surface area contributed by atoms with Crippen LogP contribution in [-0.4, -0.2) is 26.1 Å². The summed E-state index contributed by atoms with van der Waals surface area (Å²) in [5.41, 5.74) is 3.70. The third-order valence-corrected chi connectivity index (χ3v) is 3.53. The summed E-state index contributed by atoms with van der Waals surface area (Å²) < 4.78 is 1.93. The normalized spacial score (nSPS) is 14.1.